The molecule has 1 aliphatic rings. The van der Waals surface area contributed by atoms with Crippen LogP contribution in [-0.2, 0) is 13.2 Å². The Morgan fingerprint density at radius 1 is 1.13 bits per heavy atom. The van der Waals surface area contributed by atoms with Crippen molar-refractivity contribution in [2.75, 3.05) is 31.7 Å². The molecule has 1 aromatic heterocycles. The zero-order valence-corrected chi connectivity index (χ0v) is 14.2. The van der Waals surface area contributed by atoms with Gasteiger partial charge in [-0.1, -0.05) is 12.1 Å². The van der Waals surface area contributed by atoms with Crippen LogP contribution in [0, 0.1) is 0 Å². The molecular weight excluding hydrogens is 308 g/mol. The van der Waals surface area contributed by atoms with E-state index < -0.39 is 0 Å². The van der Waals surface area contributed by atoms with Gasteiger partial charge in [0.1, 0.15) is 6.61 Å². The molecule has 1 fully saturated rings. The Morgan fingerprint density at radius 2 is 2.00 bits per heavy atom. The fourth-order valence-corrected chi connectivity index (χ4v) is 3.57. The molecule has 1 aromatic carbocycles. The summed E-state index contributed by atoms with van der Waals surface area (Å²) in [6, 6.07) is 10.1. The minimum atomic E-state index is 0.494. The molecule has 2 heterocycles. The third kappa shape index (κ3) is 4.62. The van der Waals surface area contributed by atoms with E-state index in [2.05, 4.69) is 22.0 Å². The van der Waals surface area contributed by atoms with Crippen LogP contribution in [-0.4, -0.2) is 41.6 Å². The summed E-state index contributed by atoms with van der Waals surface area (Å²) in [6.07, 6.45) is 3.59. The van der Waals surface area contributed by atoms with Gasteiger partial charge in [-0.05, 0) is 23.8 Å². The predicted molar refractivity (Wildman–Crippen MR) is 94.2 cm³/mol. The molecule has 1 aliphatic heterocycles. The number of nitrogens with zero attached hydrogens (tertiary/aromatic N) is 2. The summed E-state index contributed by atoms with van der Waals surface area (Å²) >= 11 is 2.03. The number of thioether (sulfide) groups is 1. The molecule has 0 unspecified atom stereocenters. The lowest BCUT2D eigenvalue weighted by atomic mass is 10.2. The summed E-state index contributed by atoms with van der Waals surface area (Å²) in [5, 5.41) is 0. The van der Waals surface area contributed by atoms with Crippen molar-refractivity contribution < 1.29 is 9.47 Å². The van der Waals surface area contributed by atoms with Crippen molar-refractivity contribution >= 4 is 11.8 Å². The molecule has 0 N–H and O–H groups in total. The Labute approximate surface area is 141 Å². The van der Waals surface area contributed by atoms with Crippen molar-refractivity contribution in [3.8, 4) is 11.5 Å². The fraction of sp³-hybridized carbons (Fsp3) is 0.389. The van der Waals surface area contributed by atoms with Crippen molar-refractivity contribution in [2.24, 2.45) is 0 Å². The van der Waals surface area contributed by atoms with Gasteiger partial charge in [0.15, 0.2) is 11.5 Å². The van der Waals surface area contributed by atoms with E-state index in [1.165, 1.54) is 17.1 Å². The summed E-state index contributed by atoms with van der Waals surface area (Å²) < 4.78 is 11.4. The first-order valence-corrected chi connectivity index (χ1v) is 8.99. The quantitative estimate of drug-likeness (QED) is 0.812. The fourth-order valence-electron chi connectivity index (χ4n) is 2.59. The molecule has 0 atom stereocenters. The van der Waals surface area contributed by atoms with Crippen LogP contribution in [0.3, 0.4) is 0 Å². The minimum absolute atomic E-state index is 0.494. The second-order valence-corrected chi connectivity index (χ2v) is 6.75. The highest BCUT2D eigenvalue weighted by Crippen LogP contribution is 2.29. The van der Waals surface area contributed by atoms with Crippen molar-refractivity contribution in [3.63, 3.8) is 0 Å². The molecule has 0 saturated carbocycles. The Morgan fingerprint density at radius 3 is 2.74 bits per heavy atom. The van der Waals surface area contributed by atoms with Gasteiger partial charge in [-0.25, -0.2) is 0 Å². The van der Waals surface area contributed by atoms with E-state index in [-0.39, 0.29) is 0 Å². The van der Waals surface area contributed by atoms with Crippen molar-refractivity contribution in [2.45, 2.75) is 13.2 Å². The van der Waals surface area contributed by atoms with Gasteiger partial charge >= 0.3 is 0 Å². The van der Waals surface area contributed by atoms with Gasteiger partial charge in [0.05, 0.1) is 7.11 Å². The highest BCUT2D eigenvalue weighted by atomic mass is 32.2. The summed E-state index contributed by atoms with van der Waals surface area (Å²) in [4.78, 5) is 6.60. The largest absolute Gasteiger partial charge is 0.493 e. The van der Waals surface area contributed by atoms with E-state index in [1.807, 2.05) is 36.2 Å². The molecule has 23 heavy (non-hydrogen) atoms. The number of methoxy groups -OCH3 is 1. The summed E-state index contributed by atoms with van der Waals surface area (Å²) in [7, 11) is 1.67. The standard InChI is InChI=1S/C18H22N2O2S/c1-21-17-5-4-15(13-20-7-9-23-10-8-20)11-18(17)22-14-16-3-2-6-19-12-16/h2-6,11-12H,7-10,13-14H2,1H3. The molecule has 0 radical (unpaired) electrons. The zero-order chi connectivity index (χ0) is 15.9. The molecule has 0 spiro atoms. The molecule has 1 saturated heterocycles. The lowest BCUT2D eigenvalue weighted by Gasteiger charge is -2.26. The number of pyridine rings is 1. The smallest absolute Gasteiger partial charge is 0.161 e. The van der Waals surface area contributed by atoms with Gasteiger partial charge in [0, 0.05) is 49.1 Å². The summed E-state index contributed by atoms with van der Waals surface area (Å²) in [5.41, 5.74) is 2.31. The minimum Gasteiger partial charge on any atom is -0.493 e. The lowest BCUT2D eigenvalue weighted by Crippen LogP contribution is -2.31. The second-order valence-electron chi connectivity index (χ2n) is 5.52. The van der Waals surface area contributed by atoms with Crippen LogP contribution in [0.2, 0.25) is 0 Å². The first-order valence-electron chi connectivity index (χ1n) is 7.84. The Kier molecular flexibility index (Phi) is 5.77. The molecule has 2 aromatic rings. The first-order chi connectivity index (χ1) is 11.3. The number of hydrogen-bond acceptors (Lipinski definition) is 5. The van der Waals surface area contributed by atoms with Gasteiger partial charge in [0.2, 0.25) is 0 Å². The van der Waals surface area contributed by atoms with Crippen LogP contribution < -0.4 is 9.47 Å². The topological polar surface area (TPSA) is 34.6 Å². The zero-order valence-electron chi connectivity index (χ0n) is 13.4. The molecule has 3 rings (SSSR count). The first kappa shape index (κ1) is 16.1. The third-order valence-electron chi connectivity index (χ3n) is 3.86. The highest BCUT2D eigenvalue weighted by Gasteiger charge is 2.13. The van der Waals surface area contributed by atoms with Gasteiger partial charge in [-0.2, -0.15) is 11.8 Å². The van der Waals surface area contributed by atoms with E-state index in [1.54, 1.807) is 13.3 Å². The van der Waals surface area contributed by atoms with Crippen LogP contribution >= 0.6 is 11.8 Å². The van der Waals surface area contributed by atoms with Crippen LogP contribution in [0.5, 0.6) is 11.5 Å². The van der Waals surface area contributed by atoms with Gasteiger partial charge in [-0.15, -0.1) is 0 Å². The number of aromatic nitrogens is 1. The normalized spacial score (nSPS) is 15.3. The van der Waals surface area contributed by atoms with E-state index in [0.29, 0.717) is 6.61 Å². The van der Waals surface area contributed by atoms with Crippen molar-refractivity contribution in [1.82, 2.24) is 9.88 Å². The van der Waals surface area contributed by atoms with Gasteiger partial charge < -0.3 is 9.47 Å². The van der Waals surface area contributed by atoms with Crippen LogP contribution in [0.15, 0.2) is 42.7 Å². The maximum absolute atomic E-state index is 5.96. The number of rotatable bonds is 6. The molecule has 5 heteroatoms. The maximum atomic E-state index is 5.96. The third-order valence-corrected chi connectivity index (χ3v) is 4.80. The van der Waals surface area contributed by atoms with Gasteiger partial charge in [0.25, 0.3) is 0 Å². The Hall–Kier alpha value is -1.72. The molecular formula is C18H22N2O2S. The Balaban J connectivity index is 1.68. The molecule has 122 valence electrons. The van der Waals surface area contributed by atoms with Crippen LogP contribution in [0.4, 0.5) is 0 Å². The monoisotopic (exact) mass is 330 g/mol. The summed E-state index contributed by atoms with van der Waals surface area (Å²) in [5.74, 6) is 4.01. The average molecular weight is 330 g/mol. The highest BCUT2D eigenvalue weighted by molar-refractivity contribution is 7.99. The second kappa shape index (κ2) is 8.22. The average Bonchev–Trinajstić information content (AvgIpc) is 2.62. The Bertz CT molecular complexity index is 616. The molecule has 0 bridgehead atoms. The molecule has 0 aliphatic carbocycles. The van der Waals surface area contributed by atoms with E-state index in [0.717, 1.165) is 36.7 Å². The number of hydrogen-bond donors (Lipinski definition) is 0. The lowest BCUT2D eigenvalue weighted by molar-refractivity contribution is 0.278. The van der Waals surface area contributed by atoms with E-state index in [9.17, 15) is 0 Å². The molecule has 4 nitrogen and oxygen atoms in total. The van der Waals surface area contributed by atoms with Crippen molar-refractivity contribution in [1.29, 1.82) is 0 Å². The number of ether oxygens (including phenoxy) is 2. The van der Waals surface area contributed by atoms with E-state index >= 15 is 0 Å². The van der Waals surface area contributed by atoms with Gasteiger partial charge in [-0.3, -0.25) is 9.88 Å². The molecule has 0 amide bonds. The van der Waals surface area contributed by atoms with Crippen LogP contribution in [0.25, 0.3) is 0 Å². The SMILES string of the molecule is COc1ccc(CN2CCSCC2)cc1OCc1cccnc1. The maximum Gasteiger partial charge on any atom is 0.161 e. The van der Waals surface area contributed by atoms with E-state index in [4.69, 9.17) is 9.47 Å². The van der Waals surface area contributed by atoms with Crippen molar-refractivity contribution in [3.05, 3.63) is 53.9 Å². The summed E-state index contributed by atoms with van der Waals surface area (Å²) in [6.45, 7) is 3.77. The number of benzene rings is 1. The van der Waals surface area contributed by atoms with Crippen LogP contribution in [0.1, 0.15) is 11.1 Å². The predicted octanol–water partition coefficient (Wildman–Crippen LogP) is 3.22.